The molecular weight excluding hydrogens is 951 g/mol. The Labute approximate surface area is 470 Å². The van der Waals surface area contributed by atoms with Crippen molar-refractivity contribution in [3.63, 3.8) is 0 Å². The minimum Gasteiger partial charge on any atom is -0.393 e. The van der Waals surface area contributed by atoms with Crippen molar-refractivity contribution in [2.45, 2.75) is 195 Å². The summed E-state index contributed by atoms with van der Waals surface area (Å²) in [5, 5.41) is 22.0. The number of rotatable bonds is 3. The van der Waals surface area contributed by atoms with Crippen LogP contribution in [0.5, 0.6) is 0 Å². The Kier molecular flexibility index (Phi) is 13.5. The molecule has 3 aromatic rings. The second-order valence-electron chi connectivity index (χ2n) is 29.6. The molecule has 0 radical (unpaired) electrons. The van der Waals surface area contributed by atoms with Crippen LogP contribution in [0.25, 0.3) is 11.1 Å². The standard InChI is InChI=1S/C25H35NO.C24H31NO.C24H29N/c1-17-8-11-23(2)18(15-17)6-7-20-21(23)9-12-24(3)22(20)10-13-25(24,27)19-5-4-14-26-16-19;1-23-11-9-18(26)14-17(23)5-6-19-21-8-7-20(16-4-3-13-25-15-16)24(21,2)12-10-22(19)23;1-23-13-4-3-7-18(23)8-9-19-21-11-10-20(17-6-5-15-25-16-17)24(21,2)14-12-22(19)23/h4-6,14,16-17,20-22,27H,7-13,15H2,1-3H3;3-5,7,13,15,18-19,21-22,26H,6,8-12,14H2,1-2H3;3,5-8,10,15-16,19,21-22H,4,9,11-14H2,1-2H3/t17-,20?,21?,22?,23-,24-,25?;18-,19?,21?,22?,23-,24+;19?,21?,22?,23-,24+/m000/s1. The van der Waals surface area contributed by atoms with E-state index in [1.54, 1.807) is 27.9 Å². The van der Waals surface area contributed by atoms with Crippen LogP contribution in [0.2, 0.25) is 0 Å². The lowest BCUT2D eigenvalue weighted by Gasteiger charge is -2.59. The highest BCUT2D eigenvalue weighted by molar-refractivity contribution is 5.73. The molecule has 3 aromatic heterocycles. The van der Waals surface area contributed by atoms with Gasteiger partial charge in [0.25, 0.3) is 0 Å². The van der Waals surface area contributed by atoms with Crippen molar-refractivity contribution >= 4 is 11.1 Å². The molecule has 5 nitrogen and oxygen atoms in total. The molecule has 10 unspecified atom stereocenters. The summed E-state index contributed by atoms with van der Waals surface area (Å²) in [4.78, 5) is 13.1. The van der Waals surface area contributed by atoms with Gasteiger partial charge in [0, 0.05) is 48.2 Å². The molecule has 12 aliphatic carbocycles. The number of nitrogens with zero attached hydrogens (tertiary/aromatic N) is 3. The minimum atomic E-state index is -0.705. The van der Waals surface area contributed by atoms with Gasteiger partial charge in [0.05, 0.1) is 11.7 Å². The number of aliphatic hydroxyl groups excluding tert-OH is 1. The molecule has 0 aromatic carbocycles. The van der Waals surface area contributed by atoms with Crippen LogP contribution in [0.1, 0.15) is 200 Å². The molecular formula is C73H95N3O2. The maximum Gasteiger partial charge on any atom is 0.0967 e. The van der Waals surface area contributed by atoms with Crippen LogP contribution in [0.4, 0.5) is 0 Å². The maximum atomic E-state index is 11.9. The van der Waals surface area contributed by atoms with Gasteiger partial charge in [-0.2, -0.15) is 0 Å². The number of aromatic nitrogens is 3. The predicted molar refractivity (Wildman–Crippen MR) is 318 cm³/mol. The molecule has 0 spiro atoms. The van der Waals surface area contributed by atoms with E-state index in [1.165, 1.54) is 120 Å². The van der Waals surface area contributed by atoms with Gasteiger partial charge in [0.15, 0.2) is 0 Å². The van der Waals surface area contributed by atoms with Crippen molar-refractivity contribution in [3.8, 4) is 0 Å². The van der Waals surface area contributed by atoms with Gasteiger partial charge in [-0.15, -0.1) is 0 Å². The average Bonchev–Trinajstić information content (AvgIpc) is 4.13. The zero-order chi connectivity index (χ0) is 53.9. The third-order valence-electron chi connectivity index (χ3n) is 26.5. The number of aliphatic hydroxyl groups is 2. The van der Waals surface area contributed by atoms with E-state index in [1.807, 2.05) is 37.1 Å². The summed E-state index contributed by atoms with van der Waals surface area (Å²) in [6.45, 7) is 17.5. The summed E-state index contributed by atoms with van der Waals surface area (Å²) in [5.74, 6) is 7.95. The van der Waals surface area contributed by atoms with Crippen LogP contribution < -0.4 is 0 Å². The van der Waals surface area contributed by atoms with E-state index >= 15 is 0 Å². The van der Waals surface area contributed by atoms with Crippen LogP contribution in [0, 0.1) is 91.7 Å². The van der Waals surface area contributed by atoms with Crippen LogP contribution in [0.3, 0.4) is 0 Å². The highest BCUT2D eigenvalue weighted by Gasteiger charge is 2.65. The topological polar surface area (TPSA) is 79.1 Å². The lowest BCUT2D eigenvalue weighted by Crippen LogP contribution is -2.53. The fraction of sp³-hybridized carbons (Fsp3) is 0.630. The summed E-state index contributed by atoms with van der Waals surface area (Å²) in [5.41, 5.74) is 12.9. The quantitative estimate of drug-likeness (QED) is 0.256. The maximum absolute atomic E-state index is 11.9. The second kappa shape index (κ2) is 19.8. The Morgan fingerprint density at radius 3 is 1.58 bits per heavy atom. The van der Waals surface area contributed by atoms with Gasteiger partial charge in [0.1, 0.15) is 0 Å². The van der Waals surface area contributed by atoms with Gasteiger partial charge in [-0.25, -0.2) is 0 Å². The third kappa shape index (κ3) is 8.18. The molecule has 12 aliphatic rings. The van der Waals surface area contributed by atoms with Crippen LogP contribution >= 0.6 is 0 Å². The predicted octanol–water partition coefficient (Wildman–Crippen LogP) is 17.5. The van der Waals surface area contributed by atoms with Gasteiger partial charge in [0.2, 0.25) is 0 Å². The molecule has 15 rings (SSSR count). The second-order valence-corrected chi connectivity index (χ2v) is 29.6. The lowest BCUT2D eigenvalue weighted by atomic mass is 9.46. The normalized spacial score (nSPS) is 45.2. The number of allylic oxidation sites excluding steroid dienone is 11. The van der Waals surface area contributed by atoms with Crippen molar-refractivity contribution in [3.05, 3.63) is 150 Å². The summed E-state index contributed by atoms with van der Waals surface area (Å²) < 4.78 is 0. The monoisotopic (exact) mass is 1050 g/mol. The Hall–Kier alpha value is -4.19. The van der Waals surface area contributed by atoms with Gasteiger partial charge in [-0.1, -0.05) is 120 Å². The zero-order valence-corrected chi connectivity index (χ0v) is 48.9. The average molecular weight is 1050 g/mol. The SMILES string of the molecule is C[C@H]1CC[C@@]2(C)C(=CCC3C2CC[C@@]2(C)C3CCC2(O)c2cccnc2)C1.C[C@]12CCC=CC1=CCC1C2CC[C@]2(C)C(c3cccnc3)=CCC12.C[C@]12CC[C@H](O)CC1=CCC1C2CC[C@]2(C)C(c3cccnc3)=CCC12. The molecule has 3 heterocycles. The first-order valence-electron chi connectivity index (χ1n) is 31.8. The van der Waals surface area contributed by atoms with Gasteiger partial charge >= 0.3 is 0 Å². The molecule has 0 bridgehead atoms. The van der Waals surface area contributed by atoms with E-state index in [9.17, 15) is 10.2 Å². The number of pyridine rings is 3. The van der Waals surface area contributed by atoms with E-state index in [-0.39, 0.29) is 11.5 Å². The Balaban J connectivity index is 0.000000111. The van der Waals surface area contributed by atoms with E-state index in [0.29, 0.717) is 33.0 Å². The highest BCUT2D eigenvalue weighted by Crippen LogP contribution is 2.71. The number of hydrogen-bond donors (Lipinski definition) is 2. The molecule has 0 aliphatic heterocycles. The molecule has 6 fully saturated rings. The first-order chi connectivity index (χ1) is 37.5. The van der Waals surface area contributed by atoms with Gasteiger partial charge < -0.3 is 10.2 Å². The van der Waals surface area contributed by atoms with Gasteiger partial charge in [-0.3, -0.25) is 15.0 Å². The van der Waals surface area contributed by atoms with Crippen LogP contribution in [0.15, 0.2) is 133 Å². The molecule has 78 heavy (non-hydrogen) atoms. The first kappa shape index (κ1) is 53.1. The molecule has 6 saturated carbocycles. The molecule has 0 saturated heterocycles. The fourth-order valence-electron chi connectivity index (χ4n) is 22.0. The summed E-state index contributed by atoms with van der Waals surface area (Å²) in [6, 6.07) is 12.7. The minimum absolute atomic E-state index is 0.0130. The third-order valence-corrected chi connectivity index (χ3v) is 26.5. The zero-order valence-electron chi connectivity index (χ0n) is 48.9. The molecule has 5 heteroatoms. The van der Waals surface area contributed by atoms with E-state index in [4.69, 9.17) is 0 Å². The molecule has 18 atom stereocenters. The molecule has 0 amide bonds. The fourth-order valence-corrected chi connectivity index (χ4v) is 22.0. The number of fused-ring (bicyclic) bond motifs is 15. The van der Waals surface area contributed by atoms with E-state index in [0.717, 1.165) is 84.5 Å². The van der Waals surface area contributed by atoms with Crippen LogP contribution in [-0.2, 0) is 5.60 Å². The Bertz CT molecular complexity index is 2920. The van der Waals surface area contributed by atoms with Gasteiger partial charge in [-0.05, 0) is 267 Å². The van der Waals surface area contributed by atoms with Crippen molar-refractivity contribution in [1.29, 1.82) is 0 Å². The summed E-state index contributed by atoms with van der Waals surface area (Å²) in [7, 11) is 0. The van der Waals surface area contributed by atoms with Crippen molar-refractivity contribution < 1.29 is 10.2 Å². The lowest BCUT2D eigenvalue weighted by molar-refractivity contribution is -0.128. The largest absolute Gasteiger partial charge is 0.393 e. The van der Waals surface area contributed by atoms with E-state index < -0.39 is 5.60 Å². The van der Waals surface area contributed by atoms with E-state index in [2.05, 4.69) is 142 Å². The Morgan fingerprint density at radius 2 is 0.987 bits per heavy atom. The van der Waals surface area contributed by atoms with Crippen molar-refractivity contribution in [2.75, 3.05) is 0 Å². The van der Waals surface area contributed by atoms with Crippen molar-refractivity contribution in [1.82, 2.24) is 15.0 Å². The van der Waals surface area contributed by atoms with Crippen molar-refractivity contribution in [2.24, 2.45) is 91.7 Å². The summed E-state index contributed by atoms with van der Waals surface area (Å²) in [6.07, 6.45) is 55.0. The molecule has 414 valence electrons. The first-order valence-corrected chi connectivity index (χ1v) is 31.8. The number of hydrogen-bond acceptors (Lipinski definition) is 5. The highest BCUT2D eigenvalue weighted by atomic mass is 16.3. The summed E-state index contributed by atoms with van der Waals surface area (Å²) >= 11 is 0. The smallest absolute Gasteiger partial charge is 0.0967 e. The molecule has 2 N–H and O–H groups in total. The van der Waals surface area contributed by atoms with Crippen LogP contribution in [-0.4, -0.2) is 31.3 Å². The Morgan fingerprint density at radius 1 is 0.474 bits per heavy atom.